The molecule has 0 aromatic heterocycles. The summed E-state index contributed by atoms with van der Waals surface area (Å²) in [5.41, 5.74) is 2.59. The van der Waals surface area contributed by atoms with Crippen LogP contribution in [0.2, 0.25) is 0 Å². The first-order chi connectivity index (χ1) is 11.8. The third-order valence-electron chi connectivity index (χ3n) is 3.69. The van der Waals surface area contributed by atoms with Crippen molar-refractivity contribution in [2.75, 3.05) is 11.9 Å². The molecule has 0 heterocycles. The number of ether oxygens (including phenoxy) is 1. The van der Waals surface area contributed by atoms with E-state index in [4.69, 9.17) is 4.74 Å². The minimum atomic E-state index is -0.357. The van der Waals surface area contributed by atoms with E-state index in [1.165, 1.54) is 6.08 Å². The summed E-state index contributed by atoms with van der Waals surface area (Å²) in [5.74, 6) is -0.357. The van der Waals surface area contributed by atoms with E-state index in [-0.39, 0.29) is 5.97 Å². The van der Waals surface area contributed by atoms with E-state index in [9.17, 15) is 4.79 Å². The van der Waals surface area contributed by atoms with Crippen LogP contribution in [-0.2, 0) is 9.53 Å². The van der Waals surface area contributed by atoms with E-state index in [1.54, 1.807) is 6.92 Å². The quantitative estimate of drug-likeness (QED) is 0.539. The van der Waals surface area contributed by atoms with Crippen molar-refractivity contribution >= 4 is 28.1 Å². The van der Waals surface area contributed by atoms with Gasteiger partial charge in [0.1, 0.15) is 0 Å². The van der Waals surface area contributed by atoms with Gasteiger partial charge in [0.15, 0.2) is 0 Å². The number of benzene rings is 3. The fraction of sp³-hybridized carbons (Fsp3) is 0.0952. The van der Waals surface area contributed by atoms with E-state index in [0.717, 1.165) is 22.0 Å². The lowest BCUT2D eigenvalue weighted by atomic mass is 10.1. The Morgan fingerprint density at radius 3 is 2.46 bits per heavy atom. The summed E-state index contributed by atoms with van der Waals surface area (Å²) >= 11 is 0. The normalized spacial score (nSPS) is 11.3. The molecule has 0 aliphatic rings. The number of hydrogen-bond donors (Lipinski definition) is 1. The number of esters is 1. The van der Waals surface area contributed by atoms with Crippen molar-refractivity contribution in [1.82, 2.24) is 0 Å². The van der Waals surface area contributed by atoms with E-state index < -0.39 is 0 Å². The standard InChI is InChI=1S/C21H19NO2/c1-2-24-21(23)15-20(17-10-4-3-5-11-17)22-19-14-8-12-16-9-6-7-13-18(16)19/h3-15,22H,2H2,1H3/b20-15-. The second kappa shape index (κ2) is 7.47. The first-order valence-electron chi connectivity index (χ1n) is 7.96. The van der Waals surface area contributed by atoms with Crippen molar-refractivity contribution in [3.8, 4) is 0 Å². The number of carbonyl (C=O) groups excluding carboxylic acids is 1. The Labute approximate surface area is 141 Å². The van der Waals surface area contributed by atoms with Gasteiger partial charge in [-0.1, -0.05) is 66.7 Å². The molecule has 0 spiro atoms. The monoisotopic (exact) mass is 317 g/mol. The van der Waals surface area contributed by atoms with Gasteiger partial charge in [-0.15, -0.1) is 0 Å². The average Bonchev–Trinajstić information content (AvgIpc) is 2.62. The van der Waals surface area contributed by atoms with Crippen molar-refractivity contribution in [2.45, 2.75) is 6.92 Å². The summed E-state index contributed by atoms with van der Waals surface area (Å²) < 4.78 is 5.06. The highest BCUT2D eigenvalue weighted by Crippen LogP contribution is 2.26. The molecule has 1 N–H and O–H groups in total. The van der Waals surface area contributed by atoms with E-state index in [2.05, 4.69) is 23.5 Å². The number of fused-ring (bicyclic) bond motifs is 1. The molecule has 3 nitrogen and oxygen atoms in total. The van der Waals surface area contributed by atoms with Crippen LogP contribution in [0.3, 0.4) is 0 Å². The van der Waals surface area contributed by atoms with Gasteiger partial charge in [-0.25, -0.2) is 4.79 Å². The van der Waals surface area contributed by atoms with Gasteiger partial charge in [0.05, 0.1) is 12.3 Å². The summed E-state index contributed by atoms with van der Waals surface area (Å²) in [4.78, 5) is 11.9. The molecule has 3 rings (SSSR count). The molecule has 0 saturated carbocycles. The Bertz CT molecular complexity index is 864. The molecule has 0 amide bonds. The molecule has 24 heavy (non-hydrogen) atoms. The van der Waals surface area contributed by atoms with Crippen LogP contribution >= 0.6 is 0 Å². The zero-order valence-electron chi connectivity index (χ0n) is 13.5. The van der Waals surface area contributed by atoms with Crippen LogP contribution < -0.4 is 5.32 Å². The maximum Gasteiger partial charge on any atom is 0.332 e. The third kappa shape index (κ3) is 3.63. The summed E-state index contributed by atoms with van der Waals surface area (Å²) in [6, 6.07) is 24.0. The van der Waals surface area contributed by atoms with Gasteiger partial charge in [0, 0.05) is 17.1 Å². The molecule has 0 aliphatic heterocycles. The third-order valence-corrected chi connectivity index (χ3v) is 3.69. The highest BCUT2D eigenvalue weighted by Gasteiger charge is 2.08. The summed E-state index contributed by atoms with van der Waals surface area (Å²) in [7, 11) is 0. The van der Waals surface area contributed by atoms with Gasteiger partial charge in [-0.05, 0) is 23.9 Å². The minimum absolute atomic E-state index is 0.353. The Balaban J connectivity index is 2.01. The molecule has 0 unspecified atom stereocenters. The van der Waals surface area contributed by atoms with E-state index >= 15 is 0 Å². The molecule has 3 aromatic rings. The SMILES string of the molecule is CCOC(=O)/C=C(\Nc1cccc2ccccc12)c1ccccc1. The Morgan fingerprint density at radius 1 is 0.958 bits per heavy atom. The van der Waals surface area contributed by atoms with Gasteiger partial charge in [-0.3, -0.25) is 0 Å². The molecular weight excluding hydrogens is 298 g/mol. The zero-order chi connectivity index (χ0) is 16.8. The smallest absolute Gasteiger partial charge is 0.332 e. The van der Waals surface area contributed by atoms with Gasteiger partial charge < -0.3 is 10.1 Å². The largest absolute Gasteiger partial charge is 0.463 e. The van der Waals surface area contributed by atoms with Crippen LogP contribution in [0.1, 0.15) is 12.5 Å². The lowest BCUT2D eigenvalue weighted by Gasteiger charge is -2.14. The second-order valence-electron chi connectivity index (χ2n) is 5.33. The molecule has 0 saturated heterocycles. The van der Waals surface area contributed by atoms with Crippen molar-refractivity contribution in [3.63, 3.8) is 0 Å². The zero-order valence-corrected chi connectivity index (χ0v) is 13.5. The molecule has 0 aliphatic carbocycles. The maximum absolute atomic E-state index is 11.9. The Kier molecular flexibility index (Phi) is 4.92. The van der Waals surface area contributed by atoms with Gasteiger partial charge in [-0.2, -0.15) is 0 Å². The van der Waals surface area contributed by atoms with Gasteiger partial charge in [0.25, 0.3) is 0 Å². The molecule has 120 valence electrons. The van der Waals surface area contributed by atoms with Crippen LogP contribution in [0.25, 0.3) is 16.5 Å². The minimum Gasteiger partial charge on any atom is -0.463 e. The first-order valence-corrected chi connectivity index (χ1v) is 7.96. The number of hydrogen-bond acceptors (Lipinski definition) is 3. The predicted octanol–water partition coefficient (Wildman–Crippen LogP) is 4.86. The van der Waals surface area contributed by atoms with Crippen LogP contribution in [0.15, 0.2) is 78.9 Å². The average molecular weight is 317 g/mol. The molecule has 3 aromatic carbocycles. The highest BCUT2D eigenvalue weighted by molar-refractivity contribution is 6.00. The first kappa shape index (κ1) is 15.8. The van der Waals surface area contributed by atoms with Crippen LogP contribution in [0.4, 0.5) is 5.69 Å². The Morgan fingerprint density at radius 2 is 1.67 bits per heavy atom. The van der Waals surface area contributed by atoms with Crippen LogP contribution in [0, 0.1) is 0 Å². The molecule has 0 radical (unpaired) electrons. The molecule has 0 fully saturated rings. The maximum atomic E-state index is 11.9. The fourth-order valence-corrected chi connectivity index (χ4v) is 2.59. The molecule has 3 heteroatoms. The fourth-order valence-electron chi connectivity index (χ4n) is 2.59. The van der Waals surface area contributed by atoms with Crippen molar-refractivity contribution in [2.24, 2.45) is 0 Å². The van der Waals surface area contributed by atoms with Gasteiger partial charge >= 0.3 is 5.97 Å². The number of carbonyl (C=O) groups is 1. The Hall–Kier alpha value is -3.07. The van der Waals surface area contributed by atoms with Gasteiger partial charge in [0.2, 0.25) is 0 Å². The number of rotatable bonds is 5. The lowest BCUT2D eigenvalue weighted by molar-refractivity contribution is -0.137. The predicted molar refractivity (Wildman–Crippen MR) is 98.6 cm³/mol. The van der Waals surface area contributed by atoms with Crippen LogP contribution in [-0.4, -0.2) is 12.6 Å². The second-order valence-corrected chi connectivity index (χ2v) is 5.33. The summed E-state index contributed by atoms with van der Waals surface area (Å²) in [5, 5.41) is 5.63. The molecule has 0 bridgehead atoms. The summed E-state index contributed by atoms with van der Waals surface area (Å²) in [6.07, 6.45) is 1.50. The van der Waals surface area contributed by atoms with Crippen LogP contribution in [0.5, 0.6) is 0 Å². The van der Waals surface area contributed by atoms with Crippen molar-refractivity contribution in [1.29, 1.82) is 0 Å². The van der Waals surface area contributed by atoms with Crippen molar-refractivity contribution < 1.29 is 9.53 Å². The van der Waals surface area contributed by atoms with Crippen molar-refractivity contribution in [3.05, 3.63) is 84.4 Å². The number of nitrogens with one attached hydrogen (secondary N) is 1. The van der Waals surface area contributed by atoms with E-state index in [0.29, 0.717) is 12.3 Å². The molecular formula is C21H19NO2. The van der Waals surface area contributed by atoms with E-state index in [1.807, 2.05) is 54.6 Å². The topological polar surface area (TPSA) is 38.3 Å². The lowest BCUT2D eigenvalue weighted by Crippen LogP contribution is -2.06. The molecule has 0 atom stereocenters. The summed E-state index contributed by atoms with van der Waals surface area (Å²) in [6.45, 7) is 2.15. The number of anilines is 1. The highest BCUT2D eigenvalue weighted by atomic mass is 16.5.